The summed E-state index contributed by atoms with van der Waals surface area (Å²) in [7, 11) is 0. The molecule has 0 radical (unpaired) electrons. The number of hydrogen-bond donors (Lipinski definition) is 1. The van der Waals surface area contributed by atoms with Crippen molar-refractivity contribution < 1.29 is 0 Å². The van der Waals surface area contributed by atoms with E-state index in [2.05, 4.69) is 84.6 Å². The summed E-state index contributed by atoms with van der Waals surface area (Å²) in [5, 5.41) is 0. The summed E-state index contributed by atoms with van der Waals surface area (Å²) in [6, 6.07) is 26.3. The van der Waals surface area contributed by atoms with E-state index in [1.807, 2.05) is 0 Å². The van der Waals surface area contributed by atoms with E-state index in [1.165, 1.54) is 27.9 Å². The molecule has 2 atom stereocenters. The highest BCUT2D eigenvalue weighted by Crippen LogP contribution is 2.51. The van der Waals surface area contributed by atoms with Crippen LogP contribution in [0.25, 0.3) is 0 Å². The van der Waals surface area contributed by atoms with Gasteiger partial charge in [-0.2, -0.15) is 0 Å². The predicted molar refractivity (Wildman–Crippen MR) is 113 cm³/mol. The van der Waals surface area contributed by atoms with Crippen molar-refractivity contribution in [3.63, 3.8) is 0 Å². The van der Waals surface area contributed by atoms with Gasteiger partial charge in [0.25, 0.3) is 0 Å². The van der Waals surface area contributed by atoms with Gasteiger partial charge in [0.1, 0.15) is 0 Å². The normalized spacial score (nSPS) is 23.7. The molecule has 2 N–H and O–H groups in total. The van der Waals surface area contributed by atoms with Gasteiger partial charge in [-0.25, -0.2) is 0 Å². The number of nitrogens with two attached hydrogens (primary N) is 1. The lowest BCUT2D eigenvalue weighted by Crippen LogP contribution is -2.43. The zero-order valence-electron chi connectivity index (χ0n) is 15.9. The maximum absolute atomic E-state index is 6.45. The highest BCUT2D eigenvalue weighted by Gasteiger charge is 2.40. The maximum Gasteiger partial charge on any atom is 0.0448 e. The van der Waals surface area contributed by atoms with Crippen molar-refractivity contribution in [2.24, 2.45) is 0 Å². The molecule has 0 fully saturated rings. The fourth-order valence-electron chi connectivity index (χ4n) is 5.13. The largest absolute Gasteiger partial charge is 0.399 e. The van der Waals surface area contributed by atoms with Gasteiger partial charge in [-0.3, -0.25) is 0 Å². The predicted octanol–water partition coefficient (Wildman–Crippen LogP) is 5.32. The third-order valence-corrected chi connectivity index (χ3v) is 6.63. The molecule has 2 aliphatic heterocycles. The van der Waals surface area contributed by atoms with Crippen molar-refractivity contribution in [2.45, 2.75) is 31.1 Å². The average Bonchev–Trinajstić information content (AvgIpc) is 2.72. The second-order valence-corrected chi connectivity index (χ2v) is 8.19. The van der Waals surface area contributed by atoms with E-state index >= 15 is 0 Å². The molecule has 0 aromatic heterocycles. The van der Waals surface area contributed by atoms with Crippen molar-refractivity contribution in [1.82, 2.24) is 0 Å². The van der Waals surface area contributed by atoms with Crippen LogP contribution in [0.4, 0.5) is 11.4 Å². The molecule has 5 rings (SSSR count). The van der Waals surface area contributed by atoms with E-state index in [4.69, 9.17) is 5.73 Å². The van der Waals surface area contributed by atoms with E-state index in [0.717, 1.165) is 31.6 Å². The monoisotopic (exact) mass is 354 g/mol. The van der Waals surface area contributed by atoms with Crippen molar-refractivity contribution in [1.29, 1.82) is 0 Å². The zero-order chi connectivity index (χ0) is 18.4. The molecule has 3 aromatic rings. The topological polar surface area (TPSA) is 29.3 Å². The number of anilines is 2. The van der Waals surface area contributed by atoms with E-state index in [9.17, 15) is 0 Å². The highest BCUT2D eigenvalue weighted by molar-refractivity contribution is 5.73. The first-order valence-corrected chi connectivity index (χ1v) is 9.96. The number of nitrogens with zero attached hydrogens (tertiary/aromatic N) is 1. The summed E-state index contributed by atoms with van der Waals surface area (Å²) in [6.45, 7) is 4.62. The standard InChI is InChI=1S/C25H26N2/c1-25(19-10-6-3-7-11-19)13-15-27-14-12-21(18-8-4-2-5-9-18)22-16-20(26)17-23(25)24(22)27/h2-11,16-17,21H,12-15,26H2,1H3/t21-,25-/m0/s1. The first-order chi connectivity index (χ1) is 13.2. The van der Waals surface area contributed by atoms with E-state index in [0.29, 0.717) is 5.92 Å². The summed E-state index contributed by atoms with van der Waals surface area (Å²) in [6.07, 6.45) is 2.28. The van der Waals surface area contributed by atoms with Crippen LogP contribution in [0.5, 0.6) is 0 Å². The Morgan fingerprint density at radius 3 is 2.37 bits per heavy atom. The van der Waals surface area contributed by atoms with Crippen molar-refractivity contribution in [3.8, 4) is 0 Å². The van der Waals surface area contributed by atoms with Gasteiger partial charge in [0.15, 0.2) is 0 Å². The number of hydrogen-bond acceptors (Lipinski definition) is 2. The lowest BCUT2D eigenvalue weighted by molar-refractivity contribution is 0.470. The molecule has 2 heterocycles. The average molecular weight is 354 g/mol. The summed E-state index contributed by atoms with van der Waals surface area (Å²) in [5.41, 5.74) is 14.4. The van der Waals surface area contributed by atoms with Crippen molar-refractivity contribution >= 4 is 11.4 Å². The van der Waals surface area contributed by atoms with Crippen molar-refractivity contribution in [2.75, 3.05) is 23.7 Å². The number of benzene rings is 3. The molecule has 27 heavy (non-hydrogen) atoms. The fraction of sp³-hybridized carbons (Fsp3) is 0.280. The van der Waals surface area contributed by atoms with Gasteiger partial charge in [0, 0.05) is 35.8 Å². The van der Waals surface area contributed by atoms with Gasteiger partial charge < -0.3 is 10.6 Å². The Balaban J connectivity index is 1.72. The quantitative estimate of drug-likeness (QED) is 0.631. The molecule has 3 aromatic carbocycles. The van der Waals surface area contributed by atoms with Crippen LogP contribution in [0, 0.1) is 0 Å². The molecule has 0 saturated carbocycles. The second-order valence-electron chi connectivity index (χ2n) is 8.19. The second kappa shape index (κ2) is 6.16. The Morgan fingerprint density at radius 2 is 1.63 bits per heavy atom. The molecular weight excluding hydrogens is 328 g/mol. The Labute approximate surface area is 161 Å². The third-order valence-electron chi connectivity index (χ3n) is 6.63. The minimum Gasteiger partial charge on any atom is -0.399 e. The summed E-state index contributed by atoms with van der Waals surface area (Å²) >= 11 is 0. The molecule has 0 aliphatic carbocycles. The Bertz CT molecular complexity index is 964. The van der Waals surface area contributed by atoms with Crippen LogP contribution in [0.2, 0.25) is 0 Å². The SMILES string of the molecule is C[C@@]1(c2ccccc2)CCN2CC[C@@H](c3ccccc3)c3cc(N)cc1c32. The van der Waals surface area contributed by atoms with Crippen LogP contribution in [-0.4, -0.2) is 13.1 Å². The summed E-state index contributed by atoms with van der Waals surface area (Å²) in [5.74, 6) is 0.429. The fourth-order valence-corrected chi connectivity index (χ4v) is 5.13. The van der Waals surface area contributed by atoms with Crippen LogP contribution in [0.15, 0.2) is 72.8 Å². The van der Waals surface area contributed by atoms with Gasteiger partial charge >= 0.3 is 0 Å². The number of rotatable bonds is 2. The Morgan fingerprint density at radius 1 is 0.926 bits per heavy atom. The minimum absolute atomic E-state index is 0.00972. The van der Waals surface area contributed by atoms with Crippen LogP contribution >= 0.6 is 0 Å². The van der Waals surface area contributed by atoms with E-state index < -0.39 is 0 Å². The molecule has 0 amide bonds. The van der Waals surface area contributed by atoms with Gasteiger partial charge in [-0.15, -0.1) is 0 Å². The molecule has 0 unspecified atom stereocenters. The first kappa shape index (κ1) is 16.4. The van der Waals surface area contributed by atoms with Gasteiger partial charge in [0.05, 0.1) is 0 Å². The molecule has 2 aliphatic rings. The smallest absolute Gasteiger partial charge is 0.0448 e. The molecule has 2 heteroatoms. The molecule has 136 valence electrons. The van der Waals surface area contributed by atoms with Crippen LogP contribution in [0.1, 0.15) is 47.9 Å². The van der Waals surface area contributed by atoms with E-state index in [1.54, 1.807) is 0 Å². The van der Waals surface area contributed by atoms with Crippen LogP contribution in [0.3, 0.4) is 0 Å². The van der Waals surface area contributed by atoms with Crippen LogP contribution < -0.4 is 10.6 Å². The molecule has 0 spiro atoms. The maximum atomic E-state index is 6.45. The van der Waals surface area contributed by atoms with Crippen molar-refractivity contribution in [3.05, 3.63) is 95.1 Å². The Hall–Kier alpha value is -2.74. The van der Waals surface area contributed by atoms with E-state index in [-0.39, 0.29) is 5.41 Å². The van der Waals surface area contributed by atoms with Gasteiger partial charge in [0.2, 0.25) is 0 Å². The zero-order valence-corrected chi connectivity index (χ0v) is 15.9. The Kier molecular flexibility index (Phi) is 3.75. The highest BCUT2D eigenvalue weighted by atomic mass is 15.1. The van der Waals surface area contributed by atoms with Crippen LogP contribution in [-0.2, 0) is 5.41 Å². The summed E-state index contributed by atoms with van der Waals surface area (Å²) in [4.78, 5) is 2.59. The lowest BCUT2D eigenvalue weighted by atomic mass is 9.68. The molecule has 0 saturated heterocycles. The molecular formula is C25H26N2. The van der Waals surface area contributed by atoms with Gasteiger partial charge in [-0.05, 0) is 47.2 Å². The number of nitrogen functional groups attached to an aromatic ring is 1. The first-order valence-electron chi connectivity index (χ1n) is 9.96. The summed E-state index contributed by atoms with van der Waals surface area (Å²) < 4.78 is 0. The van der Waals surface area contributed by atoms with Gasteiger partial charge in [-0.1, -0.05) is 67.6 Å². The minimum atomic E-state index is 0.00972. The lowest BCUT2D eigenvalue weighted by Gasteiger charge is -2.47. The third kappa shape index (κ3) is 2.55. The molecule has 0 bridgehead atoms. The molecule has 2 nitrogen and oxygen atoms in total.